The number of aliphatic imine (C=N–C) groups is 2. The van der Waals surface area contributed by atoms with Crippen LogP contribution in [-0.4, -0.2) is 30.9 Å². The van der Waals surface area contributed by atoms with Gasteiger partial charge in [0.25, 0.3) is 0 Å². The van der Waals surface area contributed by atoms with E-state index < -0.39 is 0 Å². The van der Waals surface area contributed by atoms with Crippen LogP contribution in [-0.2, 0) is 21.9 Å². The molecule has 6 heteroatoms. The first-order chi connectivity index (χ1) is 9.75. The van der Waals surface area contributed by atoms with Crippen LogP contribution in [0.2, 0.25) is 0 Å². The fraction of sp³-hybridized carbons (Fsp3) is 0.267. The standard InChI is InChI=1S/C15H18N4O.Cu/c1-12-18-11-14(19-12)10-17-8-4-7-16-9-13-5-2-3-6-15(13)20;/h2-3,5-6,9-11,16-17H,4,7-8H2,1H3;/q;+1. The molecule has 0 aromatic carbocycles. The van der Waals surface area contributed by atoms with Gasteiger partial charge in [-0.1, -0.05) is 12.2 Å². The Balaban J connectivity index is 0.00000220. The molecule has 1 aliphatic carbocycles. The Morgan fingerprint density at radius 1 is 1.14 bits per heavy atom. The van der Waals surface area contributed by atoms with Crippen LogP contribution in [0.1, 0.15) is 13.3 Å². The third kappa shape index (κ3) is 5.94. The zero-order valence-corrected chi connectivity index (χ0v) is 12.7. The molecule has 0 fully saturated rings. The van der Waals surface area contributed by atoms with Crippen molar-refractivity contribution in [2.75, 3.05) is 13.1 Å². The molecule has 0 radical (unpaired) electrons. The molecular formula is C15H18CuN4O+. The van der Waals surface area contributed by atoms with Crippen LogP contribution in [0.3, 0.4) is 0 Å². The molecule has 0 bridgehead atoms. The van der Waals surface area contributed by atoms with Gasteiger partial charge in [-0.25, -0.2) is 9.98 Å². The first-order valence-electron chi connectivity index (χ1n) is 6.61. The van der Waals surface area contributed by atoms with E-state index in [1.807, 2.05) is 19.2 Å². The van der Waals surface area contributed by atoms with Gasteiger partial charge in [-0.15, -0.1) is 0 Å². The third-order valence-electron chi connectivity index (χ3n) is 2.74. The van der Waals surface area contributed by atoms with Crippen LogP contribution >= 0.6 is 0 Å². The number of rotatable bonds is 6. The molecule has 0 amide bonds. The van der Waals surface area contributed by atoms with Crippen LogP contribution < -0.4 is 10.6 Å². The summed E-state index contributed by atoms with van der Waals surface area (Å²) in [6, 6.07) is 0. The van der Waals surface area contributed by atoms with Gasteiger partial charge in [-0.05, 0) is 25.5 Å². The Bertz CT molecular complexity index is 556. The van der Waals surface area contributed by atoms with E-state index in [0.717, 1.165) is 31.0 Å². The second-order valence-corrected chi connectivity index (χ2v) is 4.43. The number of carbonyl (C=O) groups excluding carboxylic acids is 1. The summed E-state index contributed by atoms with van der Waals surface area (Å²) in [5.74, 6) is 0.821. The largest absolute Gasteiger partial charge is 1.00 e. The van der Waals surface area contributed by atoms with E-state index in [-0.39, 0.29) is 22.9 Å². The number of hydrogen-bond donors (Lipinski definition) is 2. The molecule has 114 valence electrons. The number of carbonyl (C=O) groups is 1. The van der Waals surface area contributed by atoms with E-state index in [1.165, 1.54) is 0 Å². The molecule has 2 rings (SSSR count). The van der Waals surface area contributed by atoms with Crippen molar-refractivity contribution < 1.29 is 21.9 Å². The maximum atomic E-state index is 11.4. The number of ketones is 1. The van der Waals surface area contributed by atoms with Crippen molar-refractivity contribution >= 4 is 17.8 Å². The monoisotopic (exact) mass is 333 g/mol. The maximum Gasteiger partial charge on any atom is 1.00 e. The van der Waals surface area contributed by atoms with Gasteiger partial charge in [0, 0.05) is 31.1 Å². The summed E-state index contributed by atoms with van der Waals surface area (Å²) in [7, 11) is 0. The molecule has 0 aromatic rings. The summed E-state index contributed by atoms with van der Waals surface area (Å²) in [5, 5.41) is 6.32. The summed E-state index contributed by atoms with van der Waals surface area (Å²) in [4.78, 5) is 19.7. The fourth-order valence-corrected chi connectivity index (χ4v) is 1.72. The second-order valence-electron chi connectivity index (χ2n) is 4.43. The number of nitrogens with one attached hydrogen (secondary N) is 2. The number of hydrogen-bond acceptors (Lipinski definition) is 5. The van der Waals surface area contributed by atoms with Crippen molar-refractivity contribution in [3.63, 3.8) is 0 Å². The molecule has 2 aliphatic rings. The molecule has 0 saturated heterocycles. The number of nitrogens with zero attached hydrogens (tertiary/aromatic N) is 2. The predicted octanol–water partition coefficient (Wildman–Crippen LogP) is 1.48. The molecule has 0 spiro atoms. The molecule has 0 aromatic heterocycles. The molecule has 1 heterocycles. The molecule has 0 saturated carbocycles. The molecular weight excluding hydrogens is 316 g/mol. The first-order valence-corrected chi connectivity index (χ1v) is 6.61. The normalized spacial score (nSPS) is 19.9. The Labute approximate surface area is 135 Å². The van der Waals surface area contributed by atoms with Gasteiger partial charge in [0.15, 0.2) is 5.78 Å². The van der Waals surface area contributed by atoms with Crippen molar-refractivity contribution in [2.45, 2.75) is 13.3 Å². The zero-order chi connectivity index (χ0) is 14.2. The average Bonchev–Trinajstić information content (AvgIpc) is 2.85. The number of allylic oxidation sites excluding steroid dienone is 6. The van der Waals surface area contributed by atoms with Crippen molar-refractivity contribution in [2.24, 2.45) is 9.98 Å². The van der Waals surface area contributed by atoms with Gasteiger partial charge >= 0.3 is 17.1 Å². The summed E-state index contributed by atoms with van der Waals surface area (Å²) in [6.07, 6.45) is 13.3. The van der Waals surface area contributed by atoms with Gasteiger partial charge in [-0.3, -0.25) is 4.79 Å². The second kappa shape index (κ2) is 9.10. The minimum atomic E-state index is 0. The van der Waals surface area contributed by atoms with Crippen molar-refractivity contribution in [3.05, 3.63) is 48.0 Å². The van der Waals surface area contributed by atoms with E-state index in [1.54, 1.807) is 30.6 Å². The van der Waals surface area contributed by atoms with E-state index >= 15 is 0 Å². The van der Waals surface area contributed by atoms with Crippen LogP contribution in [0.5, 0.6) is 0 Å². The van der Waals surface area contributed by atoms with E-state index in [2.05, 4.69) is 20.6 Å². The van der Waals surface area contributed by atoms with Gasteiger partial charge < -0.3 is 10.6 Å². The minimum Gasteiger partial charge on any atom is -0.390 e. The maximum absolute atomic E-state index is 11.4. The van der Waals surface area contributed by atoms with Crippen LogP contribution in [0, 0.1) is 0 Å². The summed E-state index contributed by atoms with van der Waals surface area (Å²) < 4.78 is 0. The SMILES string of the molecule is CC1=NC(=CNCCCNC=C2C=CC=CC2=O)C=N1.[Cu+]. The van der Waals surface area contributed by atoms with E-state index in [4.69, 9.17) is 0 Å². The van der Waals surface area contributed by atoms with Gasteiger partial charge in [0.2, 0.25) is 0 Å². The van der Waals surface area contributed by atoms with Crippen molar-refractivity contribution in [1.82, 2.24) is 10.6 Å². The Morgan fingerprint density at radius 2 is 1.86 bits per heavy atom. The molecule has 1 aliphatic heterocycles. The predicted molar refractivity (Wildman–Crippen MR) is 81.7 cm³/mol. The quantitative estimate of drug-likeness (QED) is 0.439. The van der Waals surface area contributed by atoms with Crippen LogP contribution in [0.4, 0.5) is 0 Å². The summed E-state index contributed by atoms with van der Waals surface area (Å²) in [5.41, 5.74) is 1.54. The van der Waals surface area contributed by atoms with E-state index in [0.29, 0.717) is 5.57 Å². The smallest absolute Gasteiger partial charge is 0.390 e. The average molecular weight is 334 g/mol. The molecule has 0 unspecified atom stereocenters. The molecule has 2 N–H and O–H groups in total. The summed E-state index contributed by atoms with van der Waals surface area (Å²) in [6.45, 7) is 3.51. The van der Waals surface area contributed by atoms with Crippen molar-refractivity contribution in [1.29, 1.82) is 0 Å². The van der Waals surface area contributed by atoms with Crippen molar-refractivity contribution in [3.8, 4) is 0 Å². The number of amidine groups is 1. The topological polar surface area (TPSA) is 65.8 Å². The third-order valence-corrected chi connectivity index (χ3v) is 2.74. The Hall–Kier alpha value is -1.91. The van der Waals surface area contributed by atoms with Crippen LogP contribution in [0.25, 0.3) is 0 Å². The zero-order valence-electron chi connectivity index (χ0n) is 11.8. The van der Waals surface area contributed by atoms with Gasteiger partial charge in [0.1, 0.15) is 5.84 Å². The Kier molecular flexibility index (Phi) is 7.43. The summed E-state index contributed by atoms with van der Waals surface area (Å²) >= 11 is 0. The van der Waals surface area contributed by atoms with Crippen LogP contribution in [0.15, 0.2) is 58.0 Å². The molecule has 5 nitrogen and oxygen atoms in total. The minimum absolute atomic E-state index is 0. The molecule has 21 heavy (non-hydrogen) atoms. The molecule has 0 atom stereocenters. The Morgan fingerprint density at radius 3 is 2.52 bits per heavy atom. The fourth-order valence-electron chi connectivity index (χ4n) is 1.72. The van der Waals surface area contributed by atoms with Gasteiger partial charge in [-0.2, -0.15) is 0 Å². The first kappa shape index (κ1) is 17.1. The van der Waals surface area contributed by atoms with Gasteiger partial charge in [0.05, 0.1) is 11.9 Å². The van der Waals surface area contributed by atoms with E-state index in [9.17, 15) is 4.79 Å².